The molecule has 29 heavy (non-hydrogen) atoms. The standard InChI is InChI=1S/C21H23NO4S3/c1-6-11-22-13-10-8-7-9-12(13)14(17(27)21(22,2)3)20-28-15(18(23)25-4)16(29-20)19(24)26-5/h7-10H,6,11H2,1-5H3. The van der Waals surface area contributed by atoms with Crippen LogP contribution in [0.3, 0.4) is 0 Å². The summed E-state index contributed by atoms with van der Waals surface area (Å²) >= 11 is 8.41. The summed E-state index contributed by atoms with van der Waals surface area (Å²) in [5.74, 6) is -1.11. The number of thiocarbonyl (C=S) groups is 1. The van der Waals surface area contributed by atoms with E-state index in [-0.39, 0.29) is 15.3 Å². The van der Waals surface area contributed by atoms with Gasteiger partial charge in [0, 0.05) is 28.2 Å². The second-order valence-electron chi connectivity index (χ2n) is 7.06. The predicted molar refractivity (Wildman–Crippen MR) is 124 cm³/mol. The van der Waals surface area contributed by atoms with Crippen molar-refractivity contribution >= 4 is 63.8 Å². The van der Waals surface area contributed by atoms with Gasteiger partial charge in [-0.05, 0) is 26.3 Å². The van der Waals surface area contributed by atoms with Gasteiger partial charge in [0.2, 0.25) is 0 Å². The number of hydrogen-bond acceptors (Lipinski definition) is 8. The number of para-hydroxylation sites is 1. The topological polar surface area (TPSA) is 55.8 Å². The number of benzene rings is 1. The van der Waals surface area contributed by atoms with Crippen molar-refractivity contribution in [1.82, 2.24) is 0 Å². The zero-order chi connectivity index (χ0) is 21.3. The molecule has 0 radical (unpaired) electrons. The summed E-state index contributed by atoms with van der Waals surface area (Å²) in [6, 6.07) is 8.12. The molecule has 0 spiro atoms. The first kappa shape index (κ1) is 21.9. The first-order valence-corrected chi connectivity index (χ1v) is 11.2. The molecule has 2 aliphatic rings. The monoisotopic (exact) mass is 449 g/mol. The number of esters is 2. The third-order valence-electron chi connectivity index (χ3n) is 4.91. The lowest BCUT2D eigenvalue weighted by Gasteiger charge is -2.46. The number of carbonyl (C=O) groups excluding carboxylic acids is 2. The maximum atomic E-state index is 12.3. The van der Waals surface area contributed by atoms with Gasteiger partial charge in [-0.25, -0.2) is 9.59 Å². The average Bonchev–Trinajstić information content (AvgIpc) is 3.15. The summed E-state index contributed by atoms with van der Waals surface area (Å²) in [6.45, 7) is 7.25. The minimum absolute atomic E-state index is 0.237. The van der Waals surface area contributed by atoms with Crippen LogP contribution < -0.4 is 4.90 Å². The van der Waals surface area contributed by atoms with E-state index in [0.717, 1.165) is 38.9 Å². The molecule has 0 fully saturated rings. The minimum Gasteiger partial charge on any atom is -0.465 e. The Labute approximate surface area is 184 Å². The van der Waals surface area contributed by atoms with Crippen molar-refractivity contribution in [1.29, 1.82) is 0 Å². The average molecular weight is 450 g/mol. The SMILES string of the molecule is CCCN1c2ccccc2C(=C2SC(C(=O)OC)=C(C(=O)OC)S2)C(=S)C1(C)C. The first-order chi connectivity index (χ1) is 13.8. The number of nitrogens with zero attached hydrogens (tertiary/aromatic N) is 1. The van der Waals surface area contributed by atoms with Gasteiger partial charge >= 0.3 is 11.9 Å². The van der Waals surface area contributed by atoms with Crippen LogP contribution in [0.2, 0.25) is 0 Å². The Hall–Kier alpha value is -1.77. The highest BCUT2D eigenvalue weighted by Crippen LogP contribution is 2.56. The fourth-order valence-electron chi connectivity index (χ4n) is 3.45. The normalized spacial score (nSPS) is 18.1. The Morgan fingerprint density at radius 1 is 1.07 bits per heavy atom. The van der Waals surface area contributed by atoms with Gasteiger partial charge in [0.05, 0.1) is 24.0 Å². The van der Waals surface area contributed by atoms with E-state index in [9.17, 15) is 9.59 Å². The van der Waals surface area contributed by atoms with E-state index in [1.807, 2.05) is 18.2 Å². The van der Waals surface area contributed by atoms with Gasteiger partial charge in [0.1, 0.15) is 9.81 Å². The molecule has 3 rings (SSSR count). The van der Waals surface area contributed by atoms with E-state index in [4.69, 9.17) is 21.7 Å². The quantitative estimate of drug-likeness (QED) is 0.370. The third kappa shape index (κ3) is 3.73. The largest absolute Gasteiger partial charge is 0.465 e. The van der Waals surface area contributed by atoms with Gasteiger partial charge in [0.25, 0.3) is 0 Å². The Balaban J connectivity index is 2.19. The lowest BCUT2D eigenvalue weighted by molar-refractivity contribution is -0.138. The number of carbonyl (C=O) groups is 2. The molecule has 0 unspecified atom stereocenters. The van der Waals surface area contributed by atoms with Crippen molar-refractivity contribution in [3.63, 3.8) is 0 Å². The van der Waals surface area contributed by atoms with Crippen molar-refractivity contribution in [3.05, 3.63) is 43.9 Å². The molecule has 1 aromatic rings. The molecule has 154 valence electrons. The van der Waals surface area contributed by atoms with Crippen LogP contribution in [0.25, 0.3) is 5.57 Å². The van der Waals surface area contributed by atoms with Crippen molar-refractivity contribution < 1.29 is 19.1 Å². The van der Waals surface area contributed by atoms with Crippen LogP contribution in [-0.4, -0.2) is 43.1 Å². The molecular formula is C21H23NO4S3. The smallest absolute Gasteiger partial charge is 0.346 e. The molecule has 8 heteroatoms. The third-order valence-corrected chi connectivity index (χ3v) is 8.17. The van der Waals surface area contributed by atoms with Crippen LogP contribution in [0.15, 0.2) is 38.3 Å². The van der Waals surface area contributed by atoms with Crippen molar-refractivity contribution in [2.45, 2.75) is 32.7 Å². The Bertz CT molecular complexity index is 919. The molecule has 0 bridgehead atoms. The number of fused-ring (bicyclic) bond motifs is 1. The van der Waals surface area contributed by atoms with Gasteiger partial charge in [-0.15, -0.1) is 0 Å². The lowest BCUT2D eigenvalue weighted by atomic mass is 9.83. The summed E-state index contributed by atoms with van der Waals surface area (Å²) in [7, 11) is 2.60. The number of methoxy groups -OCH3 is 2. The van der Waals surface area contributed by atoms with Gasteiger partial charge in [-0.2, -0.15) is 0 Å². The van der Waals surface area contributed by atoms with Crippen LogP contribution in [0.5, 0.6) is 0 Å². The highest BCUT2D eigenvalue weighted by molar-refractivity contribution is 8.29. The second kappa shape index (κ2) is 8.53. The lowest BCUT2D eigenvalue weighted by Crippen LogP contribution is -2.53. The summed E-state index contributed by atoms with van der Waals surface area (Å²) in [5.41, 5.74) is 2.62. The Morgan fingerprint density at radius 3 is 2.14 bits per heavy atom. The Kier molecular flexibility index (Phi) is 6.45. The second-order valence-corrected chi connectivity index (χ2v) is 9.77. The molecule has 0 aliphatic carbocycles. The van der Waals surface area contributed by atoms with E-state index in [1.165, 1.54) is 37.7 Å². The molecule has 2 aliphatic heterocycles. The van der Waals surface area contributed by atoms with Crippen LogP contribution in [0.1, 0.15) is 32.8 Å². The molecule has 1 aromatic carbocycles. The predicted octanol–water partition coefficient (Wildman–Crippen LogP) is 4.77. The van der Waals surface area contributed by atoms with Gasteiger partial charge in [-0.1, -0.05) is 60.9 Å². The van der Waals surface area contributed by atoms with Crippen LogP contribution in [0, 0.1) is 0 Å². The molecule has 5 nitrogen and oxygen atoms in total. The summed E-state index contributed by atoms with van der Waals surface area (Å²) < 4.78 is 10.6. The van der Waals surface area contributed by atoms with Gasteiger partial charge in [-0.3, -0.25) is 0 Å². The van der Waals surface area contributed by atoms with E-state index in [0.29, 0.717) is 0 Å². The minimum atomic E-state index is -0.555. The molecule has 2 heterocycles. The summed E-state index contributed by atoms with van der Waals surface area (Å²) in [6.07, 6.45) is 0.996. The highest BCUT2D eigenvalue weighted by Gasteiger charge is 2.43. The number of rotatable bonds is 4. The molecule has 0 amide bonds. The number of hydrogen-bond donors (Lipinski definition) is 0. The molecule has 0 saturated carbocycles. The maximum Gasteiger partial charge on any atom is 0.346 e. The zero-order valence-corrected chi connectivity index (χ0v) is 19.5. The van der Waals surface area contributed by atoms with Gasteiger partial charge in [0.15, 0.2) is 0 Å². The fraction of sp³-hybridized carbons (Fsp3) is 0.381. The highest BCUT2D eigenvalue weighted by atomic mass is 32.2. The van der Waals surface area contributed by atoms with E-state index in [2.05, 4.69) is 31.7 Å². The number of anilines is 1. The summed E-state index contributed by atoms with van der Waals surface area (Å²) in [4.78, 5) is 28.1. The van der Waals surface area contributed by atoms with E-state index in [1.54, 1.807) is 0 Å². The van der Waals surface area contributed by atoms with Crippen LogP contribution in [-0.2, 0) is 19.1 Å². The number of thioether (sulfide) groups is 2. The molecule has 0 atom stereocenters. The fourth-order valence-corrected chi connectivity index (χ4v) is 6.51. The number of ether oxygens (including phenoxy) is 2. The zero-order valence-electron chi connectivity index (χ0n) is 17.0. The first-order valence-electron chi connectivity index (χ1n) is 9.20. The van der Waals surface area contributed by atoms with Crippen LogP contribution in [0.4, 0.5) is 5.69 Å². The molecular weight excluding hydrogens is 426 g/mol. The van der Waals surface area contributed by atoms with Crippen molar-refractivity contribution in [2.75, 3.05) is 25.7 Å². The van der Waals surface area contributed by atoms with Gasteiger partial charge < -0.3 is 14.4 Å². The van der Waals surface area contributed by atoms with Crippen LogP contribution >= 0.6 is 35.7 Å². The summed E-state index contributed by atoms with van der Waals surface area (Å²) in [5, 5.41) is 0. The Morgan fingerprint density at radius 2 is 1.62 bits per heavy atom. The molecule has 0 aromatic heterocycles. The van der Waals surface area contributed by atoms with Crippen molar-refractivity contribution in [2.24, 2.45) is 0 Å². The maximum absolute atomic E-state index is 12.3. The van der Waals surface area contributed by atoms with E-state index >= 15 is 0 Å². The van der Waals surface area contributed by atoms with Crippen molar-refractivity contribution in [3.8, 4) is 0 Å². The molecule has 0 N–H and O–H groups in total. The molecule has 0 saturated heterocycles. The van der Waals surface area contributed by atoms with E-state index < -0.39 is 11.9 Å².